The summed E-state index contributed by atoms with van der Waals surface area (Å²) in [6.45, 7) is 6.84. The minimum absolute atomic E-state index is 0.309. The van der Waals surface area contributed by atoms with Gasteiger partial charge in [0.2, 0.25) is 5.95 Å². The van der Waals surface area contributed by atoms with E-state index in [4.69, 9.17) is 4.74 Å². The fraction of sp³-hybridized carbons (Fsp3) is 0.474. The lowest BCUT2D eigenvalue weighted by Crippen LogP contribution is -2.33. The number of imidazole rings is 1. The minimum atomic E-state index is -0.482. The molecule has 8 heteroatoms. The van der Waals surface area contributed by atoms with Crippen molar-refractivity contribution in [3.8, 4) is 0 Å². The molecule has 2 rings (SSSR count). The number of nitrogens with zero attached hydrogens (tertiary/aromatic N) is 4. The average Bonchev–Trinajstić information content (AvgIpc) is 3.03. The second-order valence-corrected chi connectivity index (χ2v) is 7.09. The zero-order valence-electron chi connectivity index (χ0n) is 16.0. The van der Waals surface area contributed by atoms with Crippen molar-refractivity contribution in [1.82, 2.24) is 14.9 Å². The molecule has 1 amide bonds. The Morgan fingerprint density at radius 2 is 1.93 bits per heavy atom. The highest BCUT2D eigenvalue weighted by Gasteiger charge is 2.15. The van der Waals surface area contributed by atoms with Crippen LogP contribution in [0.5, 0.6) is 0 Å². The fourth-order valence-corrected chi connectivity index (χ4v) is 2.28. The highest BCUT2D eigenvalue weighted by atomic mass is 19.1. The molecule has 0 unspecified atom stereocenters. The number of hydrogen-bond acceptors (Lipinski definition) is 5. The standard InChI is InChI=1S/C19H26FN5O2/c1-19(2,3)27-18(26)22-11-5-4-6-13-25-14-12-21-17(25)24-23-16-9-7-15(20)8-10-16/h7-10,12,14H,4-6,11,13H2,1-3H3,(H,22,26). The van der Waals surface area contributed by atoms with Gasteiger partial charge < -0.3 is 14.6 Å². The number of nitrogens with one attached hydrogen (secondary N) is 1. The molecular weight excluding hydrogens is 349 g/mol. The molecule has 0 radical (unpaired) electrons. The van der Waals surface area contributed by atoms with Crippen molar-refractivity contribution in [2.24, 2.45) is 10.2 Å². The van der Waals surface area contributed by atoms with Crippen molar-refractivity contribution in [2.45, 2.75) is 52.2 Å². The number of aromatic nitrogens is 2. The number of amides is 1. The van der Waals surface area contributed by atoms with Crippen LogP contribution in [0, 0.1) is 5.82 Å². The van der Waals surface area contributed by atoms with Gasteiger partial charge in [-0.2, -0.15) is 0 Å². The van der Waals surface area contributed by atoms with Crippen molar-refractivity contribution in [1.29, 1.82) is 0 Å². The Kier molecular flexibility index (Phi) is 7.45. The Morgan fingerprint density at radius 1 is 1.19 bits per heavy atom. The summed E-state index contributed by atoms with van der Waals surface area (Å²) in [6.07, 6.45) is 5.86. The number of carbonyl (C=O) groups excluding carboxylic acids is 1. The second-order valence-electron chi connectivity index (χ2n) is 7.09. The first-order valence-electron chi connectivity index (χ1n) is 8.99. The van der Waals surface area contributed by atoms with E-state index < -0.39 is 5.60 Å². The van der Waals surface area contributed by atoms with E-state index in [1.807, 2.05) is 31.5 Å². The van der Waals surface area contributed by atoms with Crippen LogP contribution in [0.4, 0.5) is 20.8 Å². The van der Waals surface area contributed by atoms with Crippen LogP contribution in [0.25, 0.3) is 0 Å². The topological polar surface area (TPSA) is 80.9 Å². The van der Waals surface area contributed by atoms with Gasteiger partial charge in [-0.1, -0.05) is 0 Å². The highest BCUT2D eigenvalue weighted by molar-refractivity contribution is 5.67. The number of rotatable bonds is 8. The van der Waals surface area contributed by atoms with Crippen molar-refractivity contribution in [3.63, 3.8) is 0 Å². The quantitative estimate of drug-likeness (QED) is 0.513. The molecule has 0 fully saturated rings. The minimum Gasteiger partial charge on any atom is -0.444 e. The Labute approximate surface area is 158 Å². The van der Waals surface area contributed by atoms with Crippen molar-refractivity contribution < 1.29 is 13.9 Å². The summed E-state index contributed by atoms with van der Waals surface area (Å²) >= 11 is 0. The lowest BCUT2D eigenvalue weighted by molar-refractivity contribution is 0.0527. The normalized spacial score (nSPS) is 11.7. The number of azo groups is 1. The third kappa shape index (κ3) is 7.98. The Balaban J connectivity index is 1.69. The smallest absolute Gasteiger partial charge is 0.407 e. The van der Waals surface area contributed by atoms with E-state index >= 15 is 0 Å². The molecule has 1 aromatic carbocycles. The Morgan fingerprint density at radius 3 is 2.63 bits per heavy atom. The van der Waals surface area contributed by atoms with Crippen LogP contribution in [0.15, 0.2) is 46.9 Å². The molecule has 1 N–H and O–H groups in total. The van der Waals surface area contributed by atoms with Crippen LogP contribution in [-0.4, -0.2) is 27.8 Å². The maximum atomic E-state index is 12.9. The molecule has 7 nitrogen and oxygen atoms in total. The van der Waals surface area contributed by atoms with E-state index in [9.17, 15) is 9.18 Å². The molecule has 27 heavy (non-hydrogen) atoms. The van der Waals surface area contributed by atoms with Crippen LogP contribution >= 0.6 is 0 Å². The van der Waals surface area contributed by atoms with E-state index in [-0.39, 0.29) is 11.9 Å². The van der Waals surface area contributed by atoms with Crippen LogP contribution < -0.4 is 5.32 Å². The Hall–Kier alpha value is -2.77. The number of aryl methyl sites for hydroxylation is 1. The summed E-state index contributed by atoms with van der Waals surface area (Å²) in [5.74, 6) is 0.197. The van der Waals surface area contributed by atoms with Gasteiger partial charge in [-0.3, -0.25) is 0 Å². The van der Waals surface area contributed by atoms with E-state index in [0.717, 1.165) is 25.8 Å². The summed E-state index contributed by atoms with van der Waals surface area (Å²) in [7, 11) is 0. The lowest BCUT2D eigenvalue weighted by atomic mass is 10.2. The molecule has 0 aliphatic carbocycles. The summed E-state index contributed by atoms with van der Waals surface area (Å²) in [5, 5.41) is 10.9. The van der Waals surface area contributed by atoms with Gasteiger partial charge in [0, 0.05) is 25.5 Å². The predicted molar refractivity (Wildman–Crippen MR) is 101 cm³/mol. The van der Waals surface area contributed by atoms with Gasteiger partial charge in [0.25, 0.3) is 0 Å². The van der Waals surface area contributed by atoms with Crippen molar-refractivity contribution in [3.05, 3.63) is 42.5 Å². The number of benzene rings is 1. The largest absolute Gasteiger partial charge is 0.444 e. The number of hydrogen-bond donors (Lipinski definition) is 1. The van der Waals surface area contributed by atoms with Crippen LogP contribution in [0.1, 0.15) is 40.0 Å². The molecule has 0 aliphatic rings. The fourth-order valence-electron chi connectivity index (χ4n) is 2.28. The average molecular weight is 375 g/mol. The van der Waals surface area contributed by atoms with Crippen molar-refractivity contribution >= 4 is 17.7 Å². The number of alkyl carbamates (subject to hydrolysis) is 1. The van der Waals surface area contributed by atoms with E-state index in [1.165, 1.54) is 12.1 Å². The molecule has 1 aromatic heterocycles. The van der Waals surface area contributed by atoms with E-state index in [2.05, 4.69) is 20.5 Å². The molecular formula is C19H26FN5O2. The third-order valence-electron chi connectivity index (χ3n) is 3.52. The molecule has 0 aliphatic heterocycles. The Bertz CT molecular complexity index is 750. The molecule has 0 bridgehead atoms. The third-order valence-corrected chi connectivity index (χ3v) is 3.52. The van der Waals surface area contributed by atoms with Gasteiger partial charge in [0.1, 0.15) is 11.4 Å². The van der Waals surface area contributed by atoms with Crippen LogP contribution in [0.3, 0.4) is 0 Å². The zero-order chi connectivity index (χ0) is 19.7. The maximum Gasteiger partial charge on any atom is 0.407 e. The molecule has 0 atom stereocenters. The summed E-state index contributed by atoms with van der Waals surface area (Å²) in [6, 6.07) is 5.80. The molecule has 0 saturated heterocycles. The van der Waals surface area contributed by atoms with Crippen molar-refractivity contribution in [2.75, 3.05) is 6.54 Å². The van der Waals surface area contributed by atoms with Gasteiger partial charge in [-0.15, -0.1) is 10.2 Å². The number of carbonyl (C=O) groups is 1. The molecule has 2 aromatic rings. The molecule has 0 saturated carbocycles. The van der Waals surface area contributed by atoms with Crippen LogP contribution in [0.2, 0.25) is 0 Å². The first kappa shape index (κ1) is 20.5. The summed E-state index contributed by atoms with van der Waals surface area (Å²) in [5.41, 5.74) is 0.0869. The van der Waals surface area contributed by atoms with Gasteiger partial charge in [-0.25, -0.2) is 14.2 Å². The first-order valence-corrected chi connectivity index (χ1v) is 8.99. The lowest BCUT2D eigenvalue weighted by Gasteiger charge is -2.19. The highest BCUT2D eigenvalue weighted by Crippen LogP contribution is 2.17. The van der Waals surface area contributed by atoms with E-state index in [0.29, 0.717) is 18.2 Å². The molecule has 1 heterocycles. The SMILES string of the molecule is CC(C)(C)OC(=O)NCCCCCn1ccnc1N=Nc1ccc(F)cc1. The first-order chi connectivity index (χ1) is 12.8. The van der Waals surface area contributed by atoms with Gasteiger partial charge >= 0.3 is 6.09 Å². The monoisotopic (exact) mass is 375 g/mol. The predicted octanol–water partition coefficient (Wildman–Crippen LogP) is 5.13. The number of ether oxygens (including phenoxy) is 1. The number of halogens is 1. The molecule has 0 spiro atoms. The maximum absolute atomic E-state index is 12.9. The van der Waals surface area contributed by atoms with E-state index in [1.54, 1.807) is 18.3 Å². The summed E-state index contributed by atoms with van der Waals surface area (Å²) in [4.78, 5) is 15.7. The summed E-state index contributed by atoms with van der Waals surface area (Å²) < 4.78 is 20.0. The van der Waals surface area contributed by atoms with Gasteiger partial charge in [0.05, 0.1) is 5.69 Å². The number of unbranched alkanes of at least 4 members (excludes halogenated alkanes) is 2. The second kappa shape index (κ2) is 9.80. The zero-order valence-corrected chi connectivity index (χ0v) is 16.0. The van der Waals surface area contributed by atoms with Gasteiger partial charge in [-0.05, 0) is 64.3 Å². The molecule has 146 valence electrons. The van der Waals surface area contributed by atoms with Gasteiger partial charge in [0.15, 0.2) is 0 Å². The van der Waals surface area contributed by atoms with Crippen LogP contribution in [-0.2, 0) is 11.3 Å².